The van der Waals surface area contributed by atoms with Gasteiger partial charge in [-0.15, -0.1) is 0 Å². The first-order valence-corrected chi connectivity index (χ1v) is 7.55. The van der Waals surface area contributed by atoms with E-state index in [2.05, 4.69) is 0 Å². The van der Waals surface area contributed by atoms with Crippen molar-refractivity contribution in [2.24, 2.45) is 11.1 Å². The molecule has 1 fully saturated rings. The summed E-state index contributed by atoms with van der Waals surface area (Å²) >= 11 is 17.1. The first kappa shape index (κ1) is 15.5. The molecule has 1 aliphatic heterocycles. The average molecular weight is 331 g/mol. The molecule has 0 atom stereocenters. The Balaban J connectivity index is 2.13. The number of benzene rings is 1. The second kappa shape index (κ2) is 5.88. The molecule has 1 saturated heterocycles. The van der Waals surface area contributed by atoms with Crippen LogP contribution in [0.3, 0.4) is 0 Å². The fraction of sp³-hybridized carbons (Fsp3) is 0.429. The topological polar surface area (TPSA) is 46.3 Å². The molecule has 1 aromatic carbocycles. The van der Waals surface area contributed by atoms with Gasteiger partial charge in [0.05, 0.1) is 20.6 Å². The van der Waals surface area contributed by atoms with E-state index < -0.39 is 0 Å². The van der Waals surface area contributed by atoms with Gasteiger partial charge in [-0.05, 0) is 25.0 Å². The zero-order chi connectivity index (χ0) is 14.9. The molecule has 0 aromatic heterocycles. The molecular formula is C14H16Cl2N2OS. The molecule has 0 spiro atoms. The summed E-state index contributed by atoms with van der Waals surface area (Å²) in [5.74, 6) is -0.0949. The molecular weight excluding hydrogens is 315 g/mol. The van der Waals surface area contributed by atoms with Gasteiger partial charge in [0.2, 0.25) is 0 Å². The van der Waals surface area contributed by atoms with Crippen LogP contribution in [0.1, 0.15) is 30.1 Å². The van der Waals surface area contributed by atoms with E-state index in [0.717, 1.165) is 12.8 Å². The van der Waals surface area contributed by atoms with Crippen molar-refractivity contribution in [1.29, 1.82) is 0 Å². The third-order valence-corrected chi connectivity index (χ3v) is 5.24. The lowest BCUT2D eigenvalue weighted by Gasteiger charge is -2.38. The van der Waals surface area contributed by atoms with Crippen molar-refractivity contribution in [3.8, 4) is 0 Å². The van der Waals surface area contributed by atoms with Crippen LogP contribution in [0, 0.1) is 5.41 Å². The molecule has 0 radical (unpaired) electrons. The Labute approximate surface area is 134 Å². The quantitative estimate of drug-likeness (QED) is 0.844. The lowest BCUT2D eigenvalue weighted by molar-refractivity contribution is 0.0670. The highest BCUT2D eigenvalue weighted by atomic mass is 35.5. The van der Waals surface area contributed by atoms with E-state index in [1.165, 1.54) is 0 Å². The van der Waals surface area contributed by atoms with Gasteiger partial charge in [-0.3, -0.25) is 4.79 Å². The maximum Gasteiger partial charge on any atom is 0.255 e. The van der Waals surface area contributed by atoms with E-state index in [1.807, 2.05) is 6.92 Å². The monoisotopic (exact) mass is 330 g/mol. The number of likely N-dealkylation sites (tertiary alicyclic amines) is 1. The minimum absolute atomic E-state index is 0.0949. The highest BCUT2D eigenvalue weighted by Crippen LogP contribution is 2.33. The van der Waals surface area contributed by atoms with Crippen molar-refractivity contribution in [3.05, 3.63) is 33.8 Å². The summed E-state index contributed by atoms with van der Waals surface area (Å²) in [6, 6.07) is 5.09. The number of rotatable bonds is 2. The summed E-state index contributed by atoms with van der Waals surface area (Å²) in [5.41, 5.74) is 6.05. The molecule has 0 unspecified atom stereocenters. The Hall–Kier alpha value is -0.840. The SMILES string of the molecule is CC1(C(N)=S)CCN(C(=O)c2cccc(Cl)c2Cl)CC1. The second-order valence-corrected chi connectivity index (χ2v) is 6.54. The van der Waals surface area contributed by atoms with Gasteiger partial charge in [-0.2, -0.15) is 0 Å². The van der Waals surface area contributed by atoms with Gasteiger partial charge in [-0.25, -0.2) is 0 Å². The van der Waals surface area contributed by atoms with Crippen LogP contribution in [0.2, 0.25) is 10.0 Å². The maximum atomic E-state index is 12.5. The van der Waals surface area contributed by atoms with Gasteiger partial charge in [0.1, 0.15) is 0 Å². The molecule has 2 rings (SSSR count). The van der Waals surface area contributed by atoms with Gasteiger partial charge in [0.25, 0.3) is 5.91 Å². The number of nitrogens with zero attached hydrogens (tertiary/aromatic N) is 1. The maximum absolute atomic E-state index is 12.5. The number of hydrogen-bond donors (Lipinski definition) is 1. The van der Waals surface area contributed by atoms with Crippen LogP contribution in [0.25, 0.3) is 0 Å². The first-order valence-electron chi connectivity index (χ1n) is 6.38. The number of halogens is 2. The van der Waals surface area contributed by atoms with Gasteiger partial charge in [0.15, 0.2) is 0 Å². The predicted octanol–water partition coefficient (Wildman–Crippen LogP) is 3.52. The standard InChI is InChI=1S/C14H16Cl2N2OS/c1-14(13(17)20)5-7-18(8-6-14)12(19)9-3-2-4-10(15)11(9)16/h2-4H,5-8H2,1H3,(H2,17,20). The highest BCUT2D eigenvalue weighted by molar-refractivity contribution is 7.80. The van der Waals surface area contributed by atoms with Crippen molar-refractivity contribution in [1.82, 2.24) is 4.90 Å². The van der Waals surface area contributed by atoms with E-state index in [4.69, 9.17) is 41.2 Å². The Morgan fingerprint density at radius 1 is 1.35 bits per heavy atom. The Kier molecular flexibility index (Phi) is 4.57. The van der Waals surface area contributed by atoms with Crippen LogP contribution in [0.4, 0.5) is 0 Å². The summed E-state index contributed by atoms with van der Waals surface area (Å²) in [4.78, 5) is 14.8. The molecule has 0 aliphatic carbocycles. The summed E-state index contributed by atoms with van der Waals surface area (Å²) in [5, 5.41) is 0.698. The molecule has 1 heterocycles. The molecule has 1 amide bonds. The summed E-state index contributed by atoms with van der Waals surface area (Å²) in [7, 11) is 0. The van der Waals surface area contributed by atoms with Crippen molar-refractivity contribution in [2.45, 2.75) is 19.8 Å². The fourth-order valence-corrected chi connectivity index (χ4v) is 2.87. The number of carbonyl (C=O) groups excluding carboxylic acids is 1. The Morgan fingerprint density at radius 3 is 2.50 bits per heavy atom. The molecule has 0 saturated carbocycles. The van der Waals surface area contributed by atoms with Crippen molar-refractivity contribution in [3.63, 3.8) is 0 Å². The summed E-state index contributed by atoms with van der Waals surface area (Å²) in [6.45, 7) is 3.29. The lowest BCUT2D eigenvalue weighted by Crippen LogP contribution is -2.46. The van der Waals surface area contributed by atoms with E-state index in [9.17, 15) is 4.79 Å². The minimum atomic E-state index is -0.162. The van der Waals surface area contributed by atoms with Crippen molar-refractivity contribution >= 4 is 46.3 Å². The molecule has 6 heteroatoms. The molecule has 0 bridgehead atoms. The first-order chi connectivity index (χ1) is 9.35. The molecule has 1 aromatic rings. The zero-order valence-electron chi connectivity index (χ0n) is 11.2. The number of amides is 1. The van der Waals surface area contributed by atoms with E-state index >= 15 is 0 Å². The van der Waals surface area contributed by atoms with Gasteiger partial charge in [-0.1, -0.05) is 48.4 Å². The third-order valence-electron chi connectivity index (χ3n) is 3.93. The van der Waals surface area contributed by atoms with Crippen molar-refractivity contribution < 1.29 is 4.79 Å². The summed E-state index contributed by atoms with van der Waals surface area (Å²) in [6.07, 6.45) is 1.54. The fourth-order valence-electron chi connectivity index (χ4n) is 2.29. The number of hydrogen-bond acceptors (Lipinski definition) is 2. The van der Waals surface area contributed by atoms with Crippen LogP contribution in [-0.2, 0) is 0 Å². The molecule has 3 nitrogen and oxygen atoms in total. The number of thiocarbonyl (C=S) groups is 1. The van der Waals surface area contributed by atoms with Crippen LogP contribution in [0.5, 0.6) is 0 Å². The van der Waals surface area contributed by atoms with Crippen LogP contribution < -0.4 is 5.73 Å². The molecule has 2 N–H and O–H groups in total. The smallest absolute Gasteiger partial charge is 0.255 e. The van der Waals surface area contributed by atoms with Crippen LogP contribution >= 0.6 is 35.4 Å². The van der Waals surface area contributed by atoms with Gasteiger partial charge < -0.3 is 10.6 Å². The number of nitrogens with two attached hydrogens (primary N) is 1. The van der Waals surface area contributed by atoms with Gasteiger partial charge >= 0.3 is 0 Å². The van der Waals surface area contributed by atoms with E-state index in [-0.39, 0.29) is 11.3 Å². The Bertz CT molecular complexity index is 554. The molecule has 1 aliphatic rings. The normalized spacial score (nSPS) is 17.9. The lowest BCUT2D eigenvalue weighted by atomic mass is 9.80. The van der Waals surface area contributed by atoms with Crippen LogP contribution in [0.15, 0.2) is 18.2 Å². The largest absolute Gasteiger partial charge is 0.393 e. The summed E-state index contributed by atoms with van der Waals surface area (Å²) < 4.78 is 0. The number of piperidine rings is 1. The molecule has 20 heavy (non-hydrogen) atoms. The third kappa shape index (κ3) is 2.92. The van der Waals surface area contributed by atoms with E-state index in [1.54, 1.807) is 23.1 Å². The predicted molar refractivity (Wildman–Crippen MR) is 86.5 cm³/mol. The zero-order valence-corrected chi connectivity index (χ0v) is 13.5. The Morgan fingerprint density at radius 2 is 1.95 bits per heavy atom. The molecule has 108 valence electrons. The second-order valence-electron chi connectivity index (χ2n) is 5.32. The minimum Gasteiger partial charge on any atom is -0.393 e. The van der Waals surface area contributed by atoms with Crippen LogP contribution in [-0.4, -0.2) is 28.9 Å². The van der Waals surface area contributed by atoms with Crippen molar-refractivity contribution in [2.75, 3.05) is 13.1 Å². The average Bonchev–Trinajstić information content (AvgIpc) is 2.42. The number of carbonyl (C=O) groups is 1. The van der Waals surface area contributed by atoms with Gasteiger partial charge in [0, 0.05) is 18.5 Å². The van der Waals surface area contributed by atoms with E-state index in [0.29, 0.717) is 33.7 Å². The highest BCUT2D eigenvalue weighted by Gasteiger charge is 2.34.